The number of carbonyl (C=O) groups is 1. The number of rotatable bonds is 7. The van der Waals surface area contributed by atoms with Crippen LogP contribution in [0.3, 0.4) is 0 Å². The summed E-state index contributed by atoms with van der Waals surface area (Å²) in [6, 6.07) is 7.44. The molecule has 2 rings (SSSR count). The third-order valence-corrected chi connectivity index (χ3v) is 4.19. The van der Waals surface area contributed by atoms with Crippen molar-refractivity contribution < 1.29 is 14.3 Å². The molecule has 7 heteroatoms. The van der Waals surface area contributed by atoms with Crippen molar-refractivity contribution in [2.75, 3.05) is 20.3 Å². The smallest absolute Gasteiger partial charge is 0.257 e. The van der Waals surface area contributed by atoms with E-state index < -0.39 is 0 Å². The van der Waals surface area contributed by atoms with Crippen LogP contribution in [0.1, 0.15) is 23.2 Å². The van der Waals surface area contributed by atoms with Crippen molar-refractivity contribution in [3.8, 4) is 17.6 Å². The molecule has 0 unspecified atom stereocenters. The van der Waals surface area contributed by atoms with Gasteiger partial charge in [-0.25, -0.2) is 4.98 Å². The summed E-state index contributed by atoms with van der Waals surface area (Å²) in [4.78, 5) is 15.8. The number of aromatic nitrogens is 1. The van der Waals surface area contributed by atoms with Crippen molar-refractivity contribution in [1.29, 1.82) is 5.26 Å². The van der Waals surface area contributed by atoms with Crippen LogP contribution in [-0.2, 0) is 4.79 Å². The Hall–Kier alpha value is -2.85. The summed E-state index contributed by atoms with van der Waals surface area (Å²) in [5.41, 5.74) is 2.15. The molecule has 1 aromatic carbocycles. The van der Waals surface area contributed by atoms with E-state index >= 15 is 0 Å². The number of amides is 1. The number of methoxy groups -OCH3 is 1. The van der Waals surface area contributed by atoms with Gasteiger partial charge in [0.2, 0.25) is 0 Å². The number of carbonyl (C=O) groups excluding carboxylic acids is 1. The monoisotopic (exact) mass is 357 g/mol. The molecule has 6 nitrogen and oxygen atoms in total. The Kier molecular flexibility index (Phi) is 6.54. The summed E-state index contributed by atoms with van der Waals surface area (Å²) >= 11 is 1.43. The van der Waals surface area contributed by atoms with Crippen LogP contribution in [0.5, 0.6) is 11.5 Å². The number of likely N-dealkylation sites (N-methyl/N-ethyl adjacent to an activating group) is 1. The number of allylic oxidation sites excluding steroid dienone is 1. The number of thiazole rings is 1. The second-order valence-corrected chi connectivity index (χ2v) is 5.97. The highest BCUT2D eigenvalue weighted by Crippen LogP contribution is 2.30. The number of aryl methyl sites for hydroxylation is 1. The molecular formula is C18H19N3O3S. The second kappa shape index (κ2) is 8.85. The fourth-order valence-corrected chi connectivity index (χ4v) is 2.83. The van der Waals surface area contributed by atoms with E-state index in [1.165, 1.54) is 18.4 Å². The lowest BCUT2D eigenvalue weighted by molar-refractivity contribution is -0.123. The lowest BCUT2D eigenvalue weighted by atomic mass is 10.1. The van der Waals surface area contributed by atoms with Gasteiger partial charge >= 0.3 is 0 Å². The summed E-state index contributed by atoms with van der Waals surface area (Å²) < 4.78 is 10.8. The Balaban J connectivity index is 2.21. The number of benzene rings is 1. The van der Waals surface area contributed by atoms with E-state index in [1.54, 1.807) is 24.3 Å². The maximum Gasteiger partial charge on any atom is 0.257 e. The lowest BCUT2D eigenvalue weighted by Crippen LogP contribution is -2.28. The van der Waals surface area contributed by atoms with Gasteiger partial charge in [0.25, 0.3) is 5.91 Å². The van der Waals surface area contributed by atoms with Gasteiger partial charge in [0.15, 0.2) is 18.1 Å². The van der Waals surface area contributed by atoms with E-state index in [0.29, 0.717) is 28.6 Å². The molecule has 0 spiro atoms. The summed E-state index contributed by atoms with van der Waals surface area (Å²) in [7, 11) is 1.52. The predicted octanol–water partition coefficient (Wildman–Crippen LogP) is 3.04. The Bertz CT molecular complexity index is 821. The Morgan fingerprint density at radius 2 is 2.24 bits per heavy atom. The molecule has 0 saturated carbocycles. The number of hydrogen-bond donors (Lipinski definition) is 1. The lowest BCUT2D eigenvalue weighted by Gasteiger charge is -2.11. The number of hydrogen-bond acceptors (Lipinski definition) is 6. The molecule has 130 valence electrons. The minimum absolute atomic E-state index is 0.0821. The third kappa shape index (κ3) is 5.06. The maximum atomic E-state index is 11.5. The SMILES string of the molecule is CCNC(=O)COc1ccc(/C=C(\C#N)c2nc(C)cs2)cc1OC. The van der Waals surface area contributed by atoms with Gasteiger partial charge in [0, 0.05) is 17.6 Å². The highest BCUT2D eigenvalue weighted by molar-refractivity contribution is 7.11. The number of ether oxygens (including phenoxy) is 2. The van der Waals surface area contributed by atoms with E-state index in [0.717, 1.165) is 11.3 Å². The molecule has 0 fully saturated rings. The van der Waals surface area contributed by atoms with Crippen LogP contribution < -0.4 is 14.8 Å². The van der Waals surface area contributed by atoms with E-state index in [2.05, 4.69) is 16.4 Å². The Labute approximate surface area is 150 Å². The normalized spacial score (nSPS) is 10.9. The first-order chi connectivity index (χ1) is 12.1. The van der Waals surface area contributed by atoms with E-state index in [-0.39, 0.29) is 12.5 Å². The largest absolute Gasteiger partial charge is 0.493 e. The fraction of sp³-hybridized carbons (Fsp3) is 0.278. The minimum atomic E-state index is -0.195. The van der Waals surface area contributed by atoms with Gasteiger partial charge in [-0.1, -0.05) is 6.07 Å². The van der Waals surface area contributed by atoms with Gasteiger partial charge in [-0.15, -0.1) is 11.3 Å². The van der Waals surface area contributed by atoms with E-state index in [1.807, 2.05) is 19.2 Å². The van der Waals surface area contributed by atoms with Gasteiger partial charge in [0.1, 0.15) is 11.1 Å². The van der Waals surface area contributed by atoms with Crippen LogP contribution in [0.2, 0.25) is 0 Å². The molecule has 1 heterocycles. The van der Waals surface area contributed by atoms with Crippen molar-refractivity contribution in [2.45, 2.75) is 13.8 Å². The first-order valence-corrected chi connectivity index (χ1v) is 8.57. The first-order valence-electron chi connectivity index (χ1n) is 7.69. The number of nitrogens with one attached hydrogen (secondary N) is 1. The summed E-state index contributed by atoms with van der Waals surface area (Å²) in [6.07, 6.45) is 1.74. The van der Waals surface area contributed by atoms with E-state index in [9.17, 15) is 10.1 Å². The molecule has 0 atom stereocenters. The molecule has 1 N–H and O–H groups in total. The van der Waals surface area contributed by atoms with Gasteiger partial charge in [-0.05, 0) is 37.6 Å². The summed E-state index contributed by atoms with van der Waals surface area (Å²) in [6.45, 7) is 4.20. The summed E-state index contributed by atoms with van der Waals surface area (Å²) in [5, 5.41) is 14.6. The molecular weight excluding hydrogens is 338 g/mol. The molecule has 0 saturated heterocycles. The molecule has 0 aliphatic heterocycles. The van der Waals surface area contributed by atoms with Crippen LogP contribution in [-0.4, -0.2) is 31.2 Å². The summed E-state index contributed by atoms with van der Waals surface area (Å²) in [5.74, 6) is 0.764. The molecule has 2 aromatic rings. The molecule has 25 heavy (non-hydrogen) atoms. The molecule has 0 radical (unpaired) electrons. The first kappa shape index (κ1) is 18.5. The Morgan fingerprint density at radius 1 is 1.44 bits per heavy atom. The zero-order valence-corrected chi connectivity index (χ0v) is 15.1. The van der Waals surface area contributed by atoms with Crippen LogP contribution >= 0.6 is 11.3 Å². The average Bonchev–Trinajstić information content (AvgIpc) is 3.04. The van der Waals surface area contributed by atoms with E-state index in [4.69, 9.17) is 9.47 Å². The van der Waals surface area contributed by atoms with Gasteiger partial charge in [-0.2, -0.15) is 5.26 Å². The molecule has 1 amide bonds. The van der Waals surface area contributed by atoms with Crippen LogP contribution in [0.15, 0.2) is 23.6 Å². The maximum absolute atomic E-state index is 11.5. The predicted molar refractivity (Wildman–Crippen MR) is 97.5 cm³/mol. The zero-order chi connectivity index (χ0) is 18.2. The quantitative estimate of drug-likeness (QED) is 0.770. The minimum Gasteiger partial charge on any atom is -0.493 e. The fourth-order valence-electron chi connectivity index (χ4n) is 2.07. The molecule has 0 aliphatic rings. The zero-order valence-electron chi connectivity index (χ0n) is 14.3. The highest BCUT2D eigenvalue weighted by Gasteiger charge is 2.10. The van der Waals surface area contributed by atoms with Crippen LogP contribution in [0, 0.1) is 18.3 Å². The number of nitrogens with zero attached hydrogens (tertiary/aromatic N) is 2. The van der Waals surface area contributed by atoms with Crippen molar-refractivity contribution in [1.82, 2.24) is 10.3 Å². The second-order valence-electron chi connectivity index (χ2n) is 5.12. The number of nitriles is 1. The van der Waals surface area contributed by atoms with Crippen LogP contribution in [0.25, 0.3) is 11.6 Å². The van der Waals surface area contributed by atoms with Crippen LogP contribution in [0.4, 0.5) is 0 Å². The van der Waals surface area contributed by atoms with Gasteiger partial charge in [0.05, 0.1) is 12.7 Å². The van der Waals surface area contributed by atoms with Crippen molar-refractivity contribution in [3.63, 3.8) is 0 Å². The topological polar surface area (TPSA) is 84.2 Å². The molecule has 0 bridgehead atoms. The molecule has 1 aromatic heterocycles. The van der Waals surface area contributed by atoms with Gasteiger partial charge < -0.3 is 14.8 Å². The standard InChI is InChI=1S/C18H19N3O3S/c1-4-20-17(22)10-24-15-6-5-13(8-16(15)23-3)7-14(9-19)18-21-12(2)11-25-18/h5-8,11H,4,10H2,1-3H3,(H,20,22)/b14-7+. The third-order valence-electron chi connectivity index (χ3n) is 3.20. The van der Waals surface area contributed by atoms with Crippen molar-refractivity contribution >= 4 is 28.9 Å². The average molecular weight is 357 g/mol. The van der Waals surface area contributed by atoms with Crippen molar-refractivity contribution in [2.24, 2.45) is 0 Å². The Morgan fingerprint density at radius 3 is 2.84 bits per heavy atom. The molecule has 0 aliphatic carbocycles. The van der Waals surface area contributed by atoms with Crippen molar-refractivity contribution in [3.05, 3.63) is 39.8 Å². The van der Waals surface area contributed by atoms with Gasteiger partial charge in [-0.3, -0.25) is 4.79 Å². The highest BCUT2D eigenvalue weighted by atomic mass is 32.1.